The number of amides is 1. The standard InChI is InChI=1S/C10H18N2O3S2/c1-7(2)8(9(11)16)10(13)12-3-5-17(14,15)6-4-12/h7-8H,3-6H2,1-2H3,(H2,11,16). The van der Waals surface area contributed by atoms with Gasteiger partial charge >= 0.3 is 0 Å². The van der Waals surface area contributed by atoms with Gasteiger partial charge in [0.2, 0.25) is 5.91 Å². The number of carbonyl (C=O) groups is 1. The number of nitrogens with two attached hydrogens (primary N) is 1. The van der Waals surface area contributed by atoms with Crippen LogP contribution in [0, 0.1) is 11.8 Å². The molecule has 7 heteroatoms. The molecule has 1 aliphatic rings. The molecule has 1 fully saturated rings. The summed E-state index contributed by atoms with van der Waals surface area (Å²) >= 11 is 4.90. The van der Waals surface area contributed by atoms with E-state index >= 15 is 0 Å². The molecule has 0 aromatic rings. The highest BCUT2D eigenvalue weighted by Gasteiger charge is 2.32. The van der Waals surface area contributed by atoms with Crippen molar-refractivity contribution in [3.8, 4) is 0 Å². The summed E-state index contributed by atoms with van der Waals surface area (Å²) in [5.41, 5.74) is 5.56. The lowest BCUT2D eigenvalue weighted by Crippen LogP contribution is -2.49. The summed E-state index contributed by atoms with van der Waals surface area (Å²) in [6, 6.07) is 0. The Labute approximate surface area is 107 Å². The Balaban J connectivity index is 2.74. The molecule has 0 aromatic heterocycles. The summed E-state index contributed by atoms with van der Waals surface area (Å²) in [6.45, 7) is 4.24. The average Bonchev–Trinajstić information content (AvgIpc) is 2.15. The van der Waals surface area contributed by atoms with Crippen LogP contribution in [-0.4, -0.2) is 48.8 Å². The number of hydrogen-bond acceptors (Lipinski definition) is 4. The van der Waals surface area contributed by atoms with Crippen LogP contribution in [0.15, 0.2) is 0 Å². The van der Waals surface area contributed by atoms with Crippen LogP contribution in [0.5, 0.6) is 0 Å². The lowest BCUT2D eigenvalue weighted by atomic mass is 9.94. The van der Waals surface area contributed by atoms with Gasteiger partial charge in [-0.25, -0.2) is 8.42 Å². The second kappa shape index (κ2) is 5.30. The van der Waals surface area contributed by atoms with E-state index in [1.165, 1.54) is 0 Å². The van der Waals surface area contributed by atoms with Crippen molar-refractivity contribution in [1.29, 1.82) is 0 Å². The van der Waals surface area contributed by atoms with Gasteiger partial charge in [0.1, 0.15) is 0 Å². The van der Waals surface area contributed by atoms with Crippen LogP contribution in [0.4, 0.5) is 0 Å². The molecule has 0 aromatic carbocycles. The summed E-state index contributed by atoms with van der Waals surface area (Å²) in [5.74, 6) is -0.561. The first-order valence-electron chi connectivity index (χ1n) is 5.53. The SMILES string of the molecule is CC(C)C(C(=O)N1CCS(=O)(=O)CC1)C(N)=S. The van der Waals surface area contributed by atoms with Crippen molar-refractivity contribution in [3.63, 3.8) is 0 Å². The van der Waals surface area contributed by atoms with E-state index in [2.05, 4.69) is 0 Å². The maximum absolute atomic E-state index is 12.2. The van der Waals surface area contributed by atoms with Crippen LogP contribution in [-0.2, 0) is 14.6 Å². The molecule has 0 bridgehead atoms. The van der Waals surface area contributed by atoms with Gasteiger partial charge in [-0.2, -0.15) is 0 Å². The monoisotopic (exact) mass is 278 g/mol. The number of hydrogen-bond donors (Lipinski definition) is 1. The predicted molar refractivity (Wildman–Crippen MR) is 70.3 cm³/mol. The van der Waals surface area contributed by atoms with Crippen molar-refractivity contribution in [2.75, 3.05) is 24.6 Å². The first-order chi connectivity index (χ1) is 7.74. The summed E-state index contributed by atoms with van der Waals surface area (Å²) in [6.07, 6.45) is 0. The van der Waals surface area contributed by atoms with Gasteiger partial charge in [0, 0.05) is 13.1 Å². The van der Waals surface area contributed by atoms with Crippen molar-refractivity contribution in [1.82, 2.24) is 4.90 Å². The van der Waals surface area contributed by atoms with E-state index in [9.17, 15) is 13.2 Å². The second-order valence-corrected chi connectivity index (χ2v) is 7.38. The van der Waals surface area contributed by atoms with Gasteiger partial charge in [0.25, 0.3) is 0 Å². The first kappa shape index (κ1) is 14.4. The van der Waals surface area contributed by atoms with Gasteiger partial charge in [-0.1, -0.05) is 26.1 Å². The van der Waals surface area contributed by atoms with Crippen molar-refractivity contribution in [2.45, 2.75) is 13.8 Å². The molecular weight excluding hydrogens is 260 g/mol. The van der Waals surface area contributed by atoms with E-state index < -0.39 is 15.8 Å². The van der Waals surface area contributed by atoms with Crippen LogP contribution in [0.2, 0.25) is 0 Å². The molecule has 1 atom stereocenters. The van der Waals surface area contributed by atoms with E-state index in [1.54, 1.807) is 4.90 Å². The molecule has 1 rings (SSSR count). The van der Waals surface area contributed by atoms with Crippen molar-refractivity contribution < 1.29 is 13.2 Å². The van der Waals surface area contributed by atoms with Crippen LogP contribution >= 0.6 is 12.2 Å². The van der Waals surface area contributed by atoms with Crippen LogP contribution in [0.25, 0.3) is 0 Å². The van der Waals surface area contributed by atoms with Crippen LogP contribution < -0.4 is 5.73 Å². The zero-order valence-corrected chi connectivity index (χ0v) is 11.7. The van der Waals surface area contributed by atoms with Gasteiger partial charge in [-0.15, -0.1) is 0 Å². The van der Waals surface area contributed by atoms with E-state index in [0.717, 1.165) is 0 Å². The van der Waals surface area contributed by atoms with Gasteiger partial charge in [-0.05, 0) is 5.92 Å². The summed E-state index contributed by atoms with van der Waals surface area (Å²) in [4.78, 5) is 13.9. The third kappa shape index (κ3) is 3.64. The molecular formula is C10H18N2O3S2. The highest BCUT2D eigenvalue weighted by molar-refractivity contribution is 7.91. The lowest BCUT2D eigenvalue weighted by molar-refractivity contribution is -0.134. The molecule has 1 aliphatic heterocycles. The highest BCUT2D eigenvalue weighted by atomic mass is 32.2. The minimum absolute atomic E-state index is 0.0264. The van der Waals surface area contributed by atoms with Gasteiger partial charge < -0.3 is 10.6 Å². The van der Waals surface area contributed by atoms with Crippen molar-refractivity contribution in [3.05, 3.63) is 0 Å². The number of rotatable bonds is 3. The van der Waals surface area contributed by atoms with E-state index in [4.69, 9.17) is 18.0 Å². The summed E-state index contributed by atoms with van der Waals surface area (Å²) in [7, 11) is -2.97. The Hall–Kier alpha value is -0.690. The molecule has 1 unspecified atom stereocenters. The first-order valence-corrected chi connectivity index (χ1v) is 7.76. The Morgan fingerprint density at radius 3 is 2.12 bits per heavy atom. The molecule has 0 radical (unpaired) electrons. The molecule has 0 spiro atoms. The molecule has 98 valence electrons. The highest BCUT2D eigenvalue weighted by Crippen LogP contribution is 2.16. The smallest absolute Gasteiger partial charge is 0.232 e. The fourth-order valence-electron chi connectivity index (χ4n) is 1.86. The number of thiocarbonyl (C=S) groups is 1. The van der Waals surface area contributed by atoms with Gasteiger partial charge in [-0.3, -0.25) is 4.79 Å². The normalized spacial score (nSPS) is 21.2. The molecule has 17 heavy (non-hydrogen) atoms. The van der Waals surface area contributed by atoms with Crippen molar-refractivity contribution in [2.24, 2.45) is 17.6 Å². The molecule has 1 heterocycles. The van der Waals surface area contributed by atoms with Crippen molar-refractivity contribution >= 4 is 33.0 Å². The number of carbonyl (C=O) groups excluding carboxylic acids is 1. The maximum atomic E-state index is 12.2. The third-order valence-corrected chi connectivity index (χ3v) is 4.76. The molecule has 1 saturated heterocycles. The molecule has 1 amide bonds. The average molecular weight is 278 g/mol. The maximum Gasteiger partial charge on any atom is 0.232 e. The molecule has 5 nitrogen and oxygen atoms in total. The minimum Gasteiger partial charge on any atom is -0.393 e. The molecule has 0 aliphatic carbocycles. The largest absolute Gasteiger partial charge is 0.393 e. The topological polar surface area (TPSA) is 80.5 Å². The minimum atomic E-state index is -2.97. The third-order valence-electron chi connectivity index (χ3n) is 2.90. The van der Waals surface area contributed by atoms with E-state index in [1.807, 2.05) is 13.8 Å². The van der Waals surface area contributed by atoms with Crippen LogP contribution in [0.3, 0.4) is 0 Å². The molecule has 0 saturated carbocycles. The zero-order valence-electron chi connectivity index (χ0n) is 10.0. The Bertz CT molecular complexity index is 403. The van der Waals surface area contributed by atoms with Gasteiger partial charge in [0.05, 0.1) is 22.4 Å². The predicted octanol–water partition coefficient (Wildman–Crippen LogP) is -0.198. The zero-order chi connectivity index (χ0) is 13.2. The number of sulfone groups is 1. The second-order valence-electron chi connectivity index (χ2n) is 4.60. The fourth-order valence-corrected chi connectivity index (χ4v) is 3.44. The van der Waals surface area contributed by atoms with Gasteiger partial charge in [0.15, 0.2) is 9.84 Å². The Kier molecular flexibility index (Phi) is 4.48. The molecule has 2 N–H and O–H groups in total. The van der Waals surface area contributed by atoms with E-state index in [-0.39, 0.29) is 41.4 Å². The number of nitrogens with zero attached hydrogens (tertiary/aromatic N) is 1. The fraction of sp³-hybridized carbons (Fsp3) is 0.800. The van der Waals surface area contributed by atoms with Crippen LogP contribution in [0.1, 0.15) is 13.8 Å². The summed E-state index contributed by atoms with van der Waals surface area (Å²) < 4.78 is 22.5. The Morgan fingerprint density at radius 1 is 1.29 bits per heavy atom. The quantitative estimate of drug-likeness (QED) is 0.723. The van der Waals surface area contributed by atoms with E-state index in [0.29, 0.717) is 0 Å². The Morgan fingerprint density at radius 2 is 1.76 bits per heavy atom. The summed E-state index contributed by atoms with van der Waals surface area (Å²) in [5, 5.41) is 0. The lowest BCUT2D eigenvalue weighted by Gasteiger charge is -2.31.